The fourth-order valence-electron chi connectivity index (χ4n) is 9.75. The van der Waals surface area contributed by atoms with Crippen molar-refractivity contribution in [2.45, 2.75) is 13.1 Å². The predicted molar refractivity (Wildman–Crippen MR) is 268 cm³/mol. The number of hydrogen-bond donors (Lipinski definition) is 0. The second-order valence-electron chi connectivity index (χ2n) is 17.0. The van der Waals surface area contributed by atoms with Gasteiger partial charge in [-0.3, -0.25) is 0 Å². The first-order chi connectivity index (χ1) is 32.8. The normalized spacial score (nSPS) is 11.9. The van der Waals surface area contributed by atoms with E-state index in [1.807, 2.05) is 84.9 Å². The first kappa shape index (κ1) is 40.0. The molecule has 0 saturated carbocycles. The zero-order valence-electron chi connectivity index (χ0n) is 36.2. The number of halogens is 3. The van der Waals surface area contributed by atoms with Gasteiger partial charge in [0.15, 0.2) is 5.82 Å². The number of aryl methyl sites for hydroxylation is 1. The summed E-state index contributed by atoms with van der Waals surface area (Å²) in [5, 5.41) is 4.14. The number of nitrogens with zero attached hydrogens (tertiary/aromatic N) is 4. The van der Waals surface area contributed by atoms with E-state index in [4.69, 9.17) is 9.97 Å². The second-order valence-corrected chi connectivity index (χ2v) is 17.0. The second kappa shape index (κ2) is 15.9. The van der Waals surface area contributed by atoms with Crippen LogP contribution in [0.1, 0.15) is 11.1 Å². The third-order valence-corrected chi connectivity index (χ3v) is 12.8. The van der Waals surface area contributed by atoms with Crippen LogP contribution in [-0.4, -0.2) is 19.1 Å². The molecule has 0 spiro atoms. The zero-order valence-corrected chi connectivity index (χ0v) is 36.2. The Morgan fingerprint density at radius 1 is 0.373 bits per heavy atom. The highest BCUT2D eigenvalue weighted by molar-refractivity contribution is 6.12. The van der Waals surface area contributed by atoms with Crippen LogP contribution in [0, 0.1) is 6.92 Å². The predicted octanol–water partition coefficient (Wildman–Crippen LogP) is 16.3. The van der Waals surface area contributed by atoms with Crippen molar-refractivity contribution in [2.75, 3.05) is 0 Å². The summed E-state index contributed by atoms with van der Waals surface area (Å²) in [4.78, 5) is 10.3. The molecule has 0 radical (unpaired) electrons. The van der Waals surface area contributed by atoms with Gasteiger partial charge in [0.25, 0.3) is 0 Å². The van der Waals surface area contributed by atoms with Crippen LogP contribution >= 0.6 is 0 Å². The van der Waals surface area contributed by atoms with Crippen molar-refractivity contribution in [2.24, 2.45) is 0 Å². The van der Waals surface area contributed by atoms with Crippen molar-refractivity contribution in [1.29, 1.82) is 0 Å². The van der Waals surface area contributed by atoms with Crippen molar-refractivity contribution in [3.63, 3.8) is 0 Å². The van der Waals surface area contributed by atoms with Gasteiger partial charge in [0.1, 0.15) is 0 Å². The number of alkyl halides is 3. The molecule has 12 aromatic rings. The largest absolute Gasteiger partial charge is 0.417 e. The quantitative estimate of drug-likeness (QED) is 0.160. The maximum atomic E-state index is 14.5. The molecule has 4 nitrogen and oxygen atoms in total. The average molecular weight is 873 g/mol. The monoisotopic (exact) mass is 872 g/mol. The Balaban J connectivity index is 1.11. The van der Waals surface area contributed by atoms with Gasteiger partial charge in [-0.1, -0.05) is 157 Å². The van der Waals surface area contributed by atoms with Gasteiger partial charge in [0.05, 0.1) is 44.7 Å². The van der Waals surface area contributed by atoms with E-state index in [0.717, 1.165) is 83.4 Å². The molecule has 0 saturated heterocycles. The first-order valence-corrected chi connectivity index (χ1v) is 22.2. The fraction of sp³-hybridized carbons (Fsp3) is 0.0333. The van der Waals surface area contributed by atoms with Crippen molar-refractivity contribution in [3.05, 3.63) is 230 Å². The van der Waals surface area contributed by atoms with Gasteiger partial charge in [0.2, 0.25) is 0 Å². The van der Waals surface area contributed by atoms with Crippen LogP contribution in [0.5, 0.6) is 0 Å². The Kier molecular flexibility index (Phi) is 9.47. The molecule has 0 N–H and O–H groups in total. The summed E-state index contributed by atoms with van der Waals surface area (Å²) in [7, 11) is 0. The maximum absolute atomic E-state index is 14.5. The number of hydrogen-bond acceptors (Lipinski definition) is 2. The Morgan fingerprint density at radius 3 is 1.58 bits per heavy atom. The lowest BCUT2D eigenvalue weighted by Gasteiger charge is -2.18. The Hall–Kier alpha value is -8.55. The molecular formula is C60H39F3N4. The van der Waals surface area contributed by atoms with Gasteiger partial charge < -0.3 is 9.13 Å². The standard InChI is InChI=1S/C60H39F3N4/c1-38-27-30-45(51(33-38)60(61,62)63)42-28-31-58-50(35-42)48-23-10-13-26-56(48)67(58)57-32-29-43(53-37-52(39-15-4-2-5-16-39)64-59(65-53)40-17-6-3-7-18-40)36-49(57)41-19-14-20-44(34-41)66-54-24-11-8-21-46(54)47-22-9-12-25-55(47)66/h2-37H,1H3. The van der Waals surface area contributed by atoms with Gasteiger partial charge in [0, 0.05) is 49.5 Å². The van der Waals surface area contributed by atoms with Gasteiger partial charge in [-0.05, 0) is 90.3 Å². The van der Waals surface area contributed by atoms with Crippen LogP contribution in [0.15, 0.2) is 218 Å². The number of fused-ring (bicyclic) bond motifs is 6. The fourth-order valence-corrected chi connectivity index (χ4v) is 9.75. The van der Waals surface area contributed by atoms with Crippen LogP contribution in [0.25, 0.3) is 111 Å². The van der Waals surface area contributed by atoms with Gasteiger partial charge in [-0.25, -0.2) is 9.97 Å². The molecule has 0 unspecified atom stereocenters. The highest BCUT2D eigenvalue weighted by Crippen LogP contribution is 2.43. The topological polar surface area (TPSA) is 35.6 Å². The van der Waals surface area contributed by atoms with Gasteiger partial charge >= 0.3 is 6.18 Å². The molecule has 67 heavy (non-hydrogen) atoms. The molecule has 0 fully saturated rings. The Morgan fingerprint density at radius 2 is 0.910 bits per heavy atom. The molecule has 0 aliphatic heterocycles. The summed E-state index contributed by atoms with van der Waals surface area (Å²) in [6, 6.07) is 72.7. The molecule has 0 aliphatic carbocycles. The Labute approximate surface area is 384 Å². The highest BCUT2D eigenvalue weighted by atomic mass is 19.4. The third kappa shape index (κ3) is 6.95. The maximum Gasteiger partial charge on any atom is 0.417 e. The molecule has 0 amide bonds. The van der Waals surface area contributed by atoms with Crippen LogP contribution in [0.2, 0.25) is 0 Å². The van der Waals surface area contributed by atoms with E-state index in [-0.39, 0.29) is 5.56 Å². The van der Waals surface area contributed by atoms with Crippen molar-refractivity contribution >= 4 is 43.6 Å². The van der Waals surface area contributed by atoms with E-state index in [0.29, 0.717) is 17.0 Å². The molecule has 3 aromatic heterocycles. The van der Waals surface area contributed by atoms with E-state index >= 15 is 0 Å². The van der Waals surface area contributed by atoms with Crippen LogP contribution in [-0.2, 0) is 6.18 Å². The number of para-hydroxylation sites is 3. The van der Waals surface area contributed by atoms with E-state index in [9.17, 15) is 13.2 Å². The van der Waals surface area contributed by atoms with Crippen molar-refractivity contribution in [1.82, 2.24) is 19.1 Å². The summed E-state index contributed by atoms with van der Waals surface area (Å²) in [5.74, 6) is 0.622. The number of benzene rings is 9. The van der Waals surface area contributed by atoms with Gasteiger partial charge in [-0.15, -0.1) is 0 Å². The Bertz CT molecular complexity index is 3750. The molecule has 12 rings (SSSR count). The van der Waals surface area contributed by atoms with Crippen LogP contribution in [0.3, 0.4) is 0 Å². The van der Waals surface area contributed by atoms with E-state index in [2.05, 4.69) is 124 Å². The van der Waals surface area contributed by atoms with E-state index < -0.39 is 11.7 Å². The van der Waals surface area contributed by atoms with Crippen LogP contribution < -0.4 is 0 Å². The minimum atomic E-state index is -4.51. The molecule has 7 heteroatoms. The molecule has 0 bridgehead atoms. The van der Waals surface area contributed by atoms with Crippen molar-refractivity contribution in [3.8, 4) is 67.5 Å². The lowest BCUT2D eigenvalue weighted by molar-refractivity contribution is -0.137. The zero-order chi connectivity index (χ0) is 45.2. The van der Waals surface area contributed by atoms with E-state index in [1.54, 1.807) is 19.1 Å². The summed E-state index contributed by atoms with van der Waals surface area (Å²) in [6.07, 6.45) is -4.51. The number of aromatic nitrogens is 4. The lowest BCUT2D eigenvalue weighted by Crippen LogP contribution is -2.07. The van der Waals surface area contributed by atoms with Crippen molar-refractivity contribution < 1.29 is 13.2 Å². The van der Waals surface area contributed by atoms with Crippen LogP contribution in [0.4, 0.5) is 13.2 Å². The van der Waals surface area contributed by atoms with E-state index in [1.165, 1.54) is 16.8 Å². The molecule has 0 aliphatic rings. The highest BCUT2D eigenvalue weighted by Gasteiger charge is 2.34. The SMILES string of the molecule is Cc1ccc(-c2ccc3c(c2)c2ccccc2n3-c2ccc(-c3cc(-c4ccccc4)nc(-c4ccccc4)n3)cc2-c2cccc(-n3c4ccccc4c4ccccc43)c2)c(C(F)(F)F)c1. The smallest absolute Gasteiger partial charge is 0.309 e. The molecular weight excluding hydrogens is 834 g/mol. The third-order valence-electron chi connectivity index (χ3n) is 12.8. The first-order valence-electron chi connectivity index (χ1n) is 22.2. The summed E-state index contributed by atoms with van der Waals surface area (Å²) in [5.41, 5.74) is 12.8. The molecule has 9 aromatic carbocycles. The minimum absolute atomic E-state index is 0.151. The lowest BCUT2D eigenvalue weighted by atomic mass is 9.96. The molecule has 0 atom stereocenters. The molecule has 3 heterocycles. The molecule has 320 valence electrons. The van der Waals surface area contributed by atoms with Gasteiger partial charge in [-0.2, -0.15) is 13.2 Å². The summed E-state index contributed by atoms with van der Waals surface area (Å²) in [6.45, 7) is 1.69. The minimum Gasteiger partial charge on any atom is -0.309 e. The average Bonchev–Trinajstić information content (AvgIpc) is 3.89. The summed E-state index contributed by atoms with van der Waals surface area (Å²) >= 11 is 0. The summed E-state index contributed by atoms with van der Waals surface area (Å²) < 4.78 is 48.2. The number of rotatable bonds is 7.